The molecule has 1 amide bonds. The van der Waals surface area contributed by atoms with Gasteiger partial charge in [-0.05, 0) is 24.3 Å². The summed E-state index contributed by atoms with van der Waals surface area (Å²) in [6, 6.07) is 5.27. The van der Waals surface area contributed by atoms with E-state index in [1.165, 1.54) is 24.3 Å². The Kier molecular flexibility index (Phi) is 3.87. The van der Waals surface area contributed by atoms with Gasteiger partial charge in [0, 0.05) is 5.69 Å². The number of hydrogen-bond acceptors (Lipinski definition) is 3. The van der Waals surface area contributed by atoms with Crippen LogP contribution in [-0.2, 0) is 4.74 Å². The van der Waals surface area contributed by atoms with E-state index in [2.05, 4.69) is 10.1 Å². The molecular weight excluding hydrogens is 189 g/mol. The molecule has 2 N–H and O–H groups in total. The van der Waals surface area contributed by atoms with Gasteiger partial charge in [-0.2, -0.15) is 0 Å². The molecule has 76 valence electrons. The van der Waals surface area contributed by atoms with Crippen molar-refractivity contribution >= 4 is 11.8 Å². The predicted molar refractivity (Wildman–Crippen MR) is 48.5 cm³/mol. The molecule has 0 aliphatic heterocycles. The summed E-state index contributed by atoms with van der Waals surface area (Å²) < 4.78 is 17.0. The van der Waals surface area contributed by atoms with Gasteiger partial charge in [-0.25, -0.2) is 9.18 Å². The number of rotatable bonds is 3. The summed E-state index contributed by atoms with van der Waals surface area (Å²) in [4.78, 5) is 10.9. The van der Waals surface area contributed by atoms with Crippen molar-refractivity contribution in [3.05, 3.63) is 30.1 Å². The van der Waals surface area contributed by atoms with Crippen molar-refractivity contribution in [2.75, 3.05) is 18.5 Å². The Morgan fingerprint density at radius 1 is 1.43 bits per heavy atom. The minimum atomic E-state index is -0.675. The van der Waals surface area contributed by atoms with Gasteiger partial charge in [0.2, 0.25) is 0 Å². The van der Waals surface area contributed by atoms with Gasteiger partial charge in [-0.15, -0.1) is 0 Å². The van der Waals surface area contributed by atoms with Gasteiger partial charge in [-0.1, -0.05) is 0 Å². The maximum absolute atomic E-state index is 12.4. The van der Waals surface area contributed by atoms with Gasteiger partial charge >= 0.3 is 6.09 Å². The normalized spacial score (nSPS) is 9.57. The first-order chi connectivity index (χ1) is 6.72. The minimum Gasteiger partial charge on any atom is -0.447 e. The van der Waals surface area contributed by atoms with Crippen LogP contribution in [-0.4, -0.2) is 24.4 Å². The van der Waals surface area contributed by atoms with Crippen LogP contribution in [0.4, 0.5) is 14.9 Å². The summed E-state index contributed by atoms with van der Waals surface area (Å²) in [5.74, 6) is -0.376. The lowest BCUT2D eigenvalue weighted by atomic mass is 10.3. The number of hydrogen-bond donors (Lipinski definition) is 2. The van der Waals surface area contributed by atoms with Crippen LogP contribution in [0.5, 0.6) is 0 Å². The van der Waals surface area contributed by atoms with E-state index in [4.69, 9.17) is 5.11 Å². The van der Waals surface area contributed by atoms with E-state index in [1.807, 2.05) is 0 Å². The largest absolute Gasteiger partial charge is 0.447 e. The van der Waals surface area contributed by atoms with Crippen molar-refractivity contribution in [2.24, 2.45) is 0 Å². The Hall–Kier alpha value is -1.62. The number of aliphatic hydroxyl groups is 1. The smallest absolute Gasteiger partial charge is 0.411 e. The van der Waals surface area contributed by atoms with Crippen molar-refractivity contribution in [3.63, 3.8) is 0 Å². The highest BCUT2D eigenvalue weighted by atomic mass is 19.1. The lowest BCUT2D eigenvalue weighted by molar-refractivity contribution is 0.131. The van der Waals surface area contributed by atoms with Crippen molar-refractivity contribution in [3.8, 4) is 0 Å². The average molecular weight is 199 g/mol. The highest BCUT2D eigenvalue weighted by Crippen LogP contribution is 2.08. The first-order valence-corrected chi connectivity index (χ1v) is 4.02. The molecule has 0 aromatic heterocycles. The van der Waals surface area contributed by atoms with E-state index in [-0.39, 0.29) is 19.0 Å². The molecule has 0 saturated heterocycles. The van der Waals surface area contributed by atoms with Crippen LogP contribution in [0, 0.1) is 5.82 Å². The van der Waals surface area contributed by atoms with E-state index in [0.717, 1.165) is 0 Å². The first-order valence-electron chi connectivity index (χ1n) is 4.02. The third-order valence-electron chi connectivity index (χ3n) is 1.42. The number of nitrogens with one attached hydrogen (secondary N) is 1. The third kappa shape index (κ3) is 3.40. The molecule has 0 bridgehead atoms. The maximum Gasteiger partial charge on any atom is 0.411 e. The third-order valence-corrected chi connectivity index (χ3v) is 1.42. The van der Waals surface area contributed by atoms with Crippen LogP contribution in [0.3, 0.4) is 0 Å². The quantitative estimate of drug-likeness (QED) is 0.772. The molecule has 0 spiro atoms. The molecule has 0 fully saturated rings. The fraction of sp³-hybridized carbons (Fsp3) is 0.222. The van der Waals surface area contributed by atoms with Gasteiger partial charge < -0.3 is 9.84 Å². The summed E-state index contributed by atoms with van der Waals surface area (Å²) in [6.07, 6.45) is -0.675. The molecule has 0 unspecified atom stereocenters. The van der Waals surface area contributed by atoms with Crippen LogP contribution < -0.4 is 5.32 Å². The molecule has 5 heteroatoms. The molecule has 0 atom stereocenters. The zero-order valence-electron chi connectivity index (χ0n) is 7.37. The number of ether oxygens (including phenoxy) is 1. The molecule has 4 nitrogen and oxygen atoms in total. The minimum absolute atomic E-state index is 0.0625. The molecule has 0 heterocycles. The van der Waals surface area contributed by atoms with Crippen LogP contribution in [0.25, 0.3) is 0 Å². The van der Waals surface area contributed by atoms with Crippen molar-refractivity contribution in [1.29, 1.82) is 0 Å². The Morgan fingerprint density at radius 2 is 2.07 bits per heavy atom. The highest BCUT2D eigenvalue weighted by molar-refractivity contribution is 5.84. The van der Waals surface area contributed by atoms with Crippen molar-refractivity contribution in [1.82, 2.24) is 0 Å². The zero-order chi connectivity index (χ0) is 10.4. The van der Waals surface area contributed by atoms with Gasteiger partial charge in [-0.3, -0.25) is 5.32 Å². The van der Waals surface area contributed by atoms with Gasteiger partial charge in [0.1, 0.15) is 12.4 Å². The second-order valence-corrected chi connectivity index (χ2v) is 2.49. The van der Waals surface area contributed by atoms with Crippen LogP contribution >= 0.6 is 0 Å². The summed E-state index contributed by atoms with van der Waals surface area (Å²) in [6.45, 7) is -0.288. The molecule has 0 aliphatic rings. The molecule has 0 aliphatic carbocycles. The molecule has 14 heavy (non-hydrogen) atoms. The predicted octanol–water partition coefficient (Wildman–Crippen LogP) is 1.37. The summed E-state index contributed by atoms with van der Waals surface area (Å²) in [5.41, 5.74) is 0.439. The Labute approximate surface area is 80.3 Å². The van der Waals surface area contributed by atoms with Crippen LogP contribution in [0.1, 0.15) is 0 Å². The SMILES string of the molecule is O=C(Nc1ccc(F)cc1)OCCO. The number of carbonyl (C=O) groups excluding carboxylic acids is 1. The van der Waals surface area contributed by atoms with Crippen LogP contribution in [0.2, 0.25) is 0 Å². The number of amides is 1. The molecule has 1 rings (SSSR count). The number of halogens is 1. The summed E-state index contributed by atoms with van der Waals surface area (Å²) >= 11 is 0. The maximum atomic E-state index is 12.4. The second-order valence-electron chi connectivity index (χ2n) is 2.49. The van der Waals surface area contributed by atoms with E-state index >= 15 is 0 Å². The Balaban J connectivity index is 2.44. The number of benzene rings is 1. The fourth-order valence-corrected chi connectivity index (χ4v) is 0.825. The number of aliphatic hydroxyl groups excluding tert-OH is 1. The zero-order valence-corrected chi connectivity index (χ0v) is 7.37. The first kappa shape index (κ1) is 10.5. The van der Waals surface area contributed by atoms with Crippen LogP contribution in [0.15, 0.2) is 24.3 Å². The van der Waals surface area contributed by atoms with Gasteiger partial charge in [0.05, 0.1) is 6.61 Å². The van der Waals surface area contributed by atoms with Crippen molar-refractivity contribution < 1.29 is 19.0 Å². The summed E-state index contributed by atoms with van der Waals surface area (Å²) in [7, 11) is 0. The van der Waals surface area contributed by atoms with E-state index in [9.17, 15) is 9.18 Å². The number of carbonyl (C=O) groups is 1. The van der Waals surface area contributed by atoms with Crippen molar-refractivity contribution in [2.45, 2.75) is 0 Å². The van der Waals surface area contributed by atoms with E-state index < -0.39 is 6.09 Å². The number of anilines is 1. The average Bonchev–Trinajstić information content (AvgIpc) is 2.18. The van der Waals surface area contributed by atoms with Gasteiger partial charge in [0.25, 0.3) is 0 Å². The molecular formula is C9H10FNO3. The Morgan fingerprint density at radius 3 is 2.64 bits per heavy atom. The van der Waals surface area contributed by atoms with E-state index in [0.29, 0.717) is 5.69 Å². The second kappa shape index (κ2) is 5.18. The lowest BCUT2D eigenvalue weighted by Gasteiger charge is -2.04. The molecule has 0 radical (unpaired) electrons. The molecule has 1 aromatic carbocycles. The monoisotopic (exact) mass is 199 g/mol. The lowest BCUT2D eigenvalue weighted by Crippen LogP contribution is -2.15. The summed E-state index contributed by atoms with van der Waals surface area (Å²) in [5, 5.41) is 10.7. The molecule has 1 aromatic rings. The fourth-order valence-electron chi connectivity index (χ4n) is 0.825. The highest BCUT2D eigenvalue weighted by Gasteiger charge is 2.01. The van der Waals surface area contributed by atoms with Gasteiger partial charge in [0.15, 0.2) is 0 Å². The Bertz CT molecular complexity index is 299. The van der Waals surface area contributed by atoms with E-state index in [1.54, 1.807) is 0 Å². The molecule has 0 saturated carbocycles. The topological polar surface area (TPSA) is 58.6 Å². The standard InChI is InChI=1S/C9H10FNO3/c10-7-1-3-8(4-2-7)11-9(13)14-6-5-12/h1-4,12H,5-6H2,(H,11,13).